The molecular formula is C24H37BN4O9. The van der Waals surface area contributed by atoms with Crippen LogP contribution in [0.25, 0.3) is 0 Å². The van der Waals surface area contributed by atoms with Crippen LogP contribution < -0.4 is 21.3 Å². The Bertz CT molecular complexity index is 946. The van der Waals surface area contributed by atoms with E-state index in [1.165, 1.54) is 21.1 Å². The summed E-state index contributed by atoms with van der Waals surface area (Å²) in [5, 5.41) is 29.1. The van der Waals surface area contributed by atoms with Crippen molar-refractivity contribution in [3.63, 3.8) is 0 Å². The highest BCUT2D eigenvalue weighted by Gasteiger charge is 2.32. The van der Waals surface area contributed by atoms with Crippen LogP contribution in [-0.4, -0.2) is 85.2 Å². The maximum Gasteiger partial charge on any atom is 0.475 e. The lowest BCUT2D eigenvalue weighted by molar-refractivity contribution is -0.141. The van der Waals surface area contributed by atoms with E-state index in [2.05, 4.69) is 30.7 Å². The summed E-state index contributed by atoms with van der Waals surface area (Å²) in [6.45, 7) is 4.81. The molecule has 38 heavy (non-hydrogen) atoms. The first kappa shape index (κ1) is 32.4. The molecule has 0 radical (unpaired) electrons. The number of carbonyl (C=O) groups is 5. The zero-order valence-electron chi connectivity index (χ0n) is 22.2. The second-order valence-corrected chi connectivity index (χ2v) is 8.98. The van der Waals surface area contributed by atoms with Crippen molar-refractivity contribution in [2.75, 3.05) is 14.2 Å². The minimum Gasteiger partial charge on any atom is -0.469 e. The molecule has 4 unspecified atom stereocenters. The summed E-state index contributed by atoms with van der Waals surface area (Å²) in [6, 6.07) is 5.64. The van der Waals surface area contributed by atoms with Crippen LogP contribution in [-0.2, 0) is 35.1 Å². The molecule has 13 nitrogen and oxygen atoms in total. The lowest BCUT2D eigenvalue weighted by Crippen LogP contribution is -2.58. The van der Waals surface area contributed by atoms with Gasteiger partial charge in [-0.25, -0.2) is 4.79 Å². The van der Waals surface area contributed by atoms with Crippen LogP contribution in [0.5, 0.6) is 0 Å². The molecule has 1 rings (SSSR count). The van der Waals surface area contributed by atoms with Crippen molar-refractivity contribution in [3.05, 3.63) is 35.9 Å². The Morgan fingerprint density at radius 1 is 0.842 bits per heavy atom. The quantitative estimate of drug-likeness (QED) is 0.128. The fourth-order valence-corrected chi connectivity index (χ4v) is 3.40. The van der Waals surface area contributed by atoms with Gasteiger partial charge in [0.05, 0.1) is 20.2 Å². The van der Waals surface area contributed by atoms with Crippen molar-refractivity contribution < 1.29 is 43.5 Å². The lowest BCUT2D eigenvalue weighted by Gasteiger charge is -2.26. The van der Waals surface area contributed by atoms with Crippen molar-refractivity contribution in [3.8, 4) is 0 Å². The average Bonchev–Trinajstić information content (AvgIpc) is 2.88. The fraction of sp³-hybridized carbons (Fsp3) is 0.542. The Hall–Kier alpha value is -3.65. The van der Waals surface area contributed by atoms with Gasteiger partial charge in [0.25, 0.3) is 0 Å². The van der Waals surface area contributed by atoms with Gasteiger partial charge in [0, 0.05) is 12.8 Å². The third kappa shape index (κ3) is 11.2. The summed E-state index contributed by atoms with van der Waals surface area (Å²) in [6.07, 6.45) is -0.983. The molecule has 0 aliphatic rings. The van der Waals surface area contributed by atoms with E-state index in [0.717, 1.165) is 5.56 Å². The molecule has 0 spiro atoms. The molecule has 0 aromatic heterocycles. The van der Waals surface area contributed by atoms with E-state index >= 15 is 0 Å². The second-order valence-electron chi connectivity index (χ2n) is 8.98. The summed E-state index contributed by atoms with van der Waals surface area (Å²) in [4.78, 5) is 61.9. The highest BCUT2D eigenvalue weighted by molar-refractivity contribution is 6.43. The molecule has 1 aromatic carbocycles. The summed E-state index contributed by atoms with van der Waals surface area (Å²) < 4.78 is 9.09. The molecule has 14 heteroatoms. The largest absolute Gasteiger partial charge is 0.475 e. The van der Waals surface area contributed by atoms with Crippen LogP contribution in [0.1, 0.15) is 39.2 Å². The highest BCUT2D eigenvalue weighted by atomic mass is 16.5. The number of hydrogen-bond acceptors (Lipinski definition) is 9. The Labute approximate surface area is 222 Å². The van der Waals surface area contributed by atoms with E-state index in [0.29, 0.717) is 0 Å². The summed E-state index contributed by atoms with van der Waals surface area (Å²) >= 11 is 0. The number of ether oxygens (including phenoxy) is 2. The smallest absolute Gasteiger partial charge is 0.469 e. The van der Waals surface area contributed by atoms with Crippen LogP contribution in [0.2, 0.25) is 0 Å². The third-order valence-electron chi connectivity index (χ3n) is 5.65. The molecule has 210 valence electrons. The van der Waals surface area contributed by atoms with Gasteiger partial charge in [-0.3, -0.25) is 19.2 Å². The zero-order valence-corrected chi connectivity index (χ0v) is 22.2. The molecule has 4 atom stereocenters. The molecule has 0 bridgehead atoms. The van der Waals surface area contributed by atoms with E-state index in [1.54, 1.807) is 44.2 Å². The van der Waals surface area contributed by atoms with Crippen LogP contribution in [0.4, 0.5) is 4.79 Å². The number of benzene rings is 1. The number of hydrogen-bond donors (Lipinski definition) is 6. The van der Waals surface area contributed by atoms with Gasteiger partial charge in [-0.15, -0.1) is 0 Å². The fourth-order valence-electron chi connectivity index (χ4n) is 3.40. The molecular weight excluding hydrogens is 499 g/mol. The number of carbonyl (C=O) groups excluding carboxylic acids is 5. The van der Waals surface area contributed by atoms with Gasteiger partial charge < -0.3 is 40.8 Å². The van der Waals surface area contributed by atoms with Gasteiger partial charge >= 0.3 is 19.2 Å². The number of nitrogens with one attached hydrogen (secondary N) is 4. The molecule has 4 amide bonds. The summed E-state index contributed by atoms with van der Waals surface area (Å²) in [5.41, 5.74) is 0.735. The SMILES string of the molecule is COC(=O)CCC(NC(=O)C(C)NC(=O)C(Cc1ccccc1)NC(=O)C(NC(=O)OC)C(C)C)B(O)O. The number of methoxy groups -OCH3 is 2. The summed E-state index contributed by atoms with van der Waals surface area (Å²) in [7, 11) is 0.396. The molecule has 6 N–H and O–H groups in total. The highest BCUT2D eigenvalue weighted by Crippen LogP contribution is 2.08. The van der Waals surface area contributed by atoms with Crippen LogP contribution >= 0.6 is 0 Å². The topological polar surface area (TPSA) is 192 Å². The third-order valence-corrected chi connectivity index (χ3v) is 5.65. The molecule has 0 saturated carbocycles. The van der Waals surface area contributed by atoms with Crippen molar-refractivity contribution in [1.29, 1.82) is 0 Å². The standard InChI is InChI=1S/C24H37BN4O9/c1-14(2)20(29-24(34)38-5)23(33)27-17(13-16-9-7-6-8-10-16)22(32)26-15(3)21(31)28-18(25(35)36)11-12-19(30)37-4/h6-10,14-15,17-18,20,35-36H,11-13H2,1-5H3,(H,26,32)(H,27,33)(H,28,31)(H,29,34). The first-order valence-electron chi connectivity index (χ1n) is 12.1. The molecule has 0 saturated heterocycles. The Balaban J connectivity index is 2.99. The number of amides is 4. The maximum atomic E-state index is 13.2. The molecule has 0 aliphatic carbocycles. The number of alkyl carbamates (subject to hydrolysis) is 1. The van der Waals surface area contributed by atoms with Crippen molar-refractivity contribution in [2.24, 2.45) is 5.92 Å². The van der Waals surface area contributed by atoms with Crippen LogP contribution in [0.3, 0.4) is 0 Å². The minimum atomic E-state index is -1.95. The number of rotatable bonds is 14. The van der Waals surface area contributed by atoms with Crippen LogP contribution in [0, 0.1) is 5.92 Å². The average molecular weight is 536 g/mol. The van der Waals surface area contributed by atoms with Crippen molar-refractivity contribution >= 4 is 36.9 Å². The number of esters is 1. The van der Waals surface area contributed by atoms with Crippen molar-refractivity contribution in [2.45, 2.75) is 64.1 Å². The Morgan fingerprint density at radius 3 is 2.00 bits per heavy atom. The molecule has 0 heterocycles. The molecule has 1 aromatic rings. The van der Waals surface area contributed by atoms with Gasteiger partial charge in [-0.1, -0.05) is 44.2 Å². The lowest BCUT2D eigenvalue weighted by atomic mass is 9.76. The van der Waals surface area contributed by atoms with Gasteiger partial charge in [0.15, 0.2) is 0 Å². The monoisotopic (exact) mass is 536 g/mol. The first-order chi connectivity index (χ1) is 17.9. The summed E-state index contributed by atoms with van der Waals surface area (Å²) in [5.74, 6) is -4.14. The molecule has 0 fully saturated rings. The van der Waals surface area contributed by atoms with Gasteiger partial charge in [0.2, 0.25) is 17.7 Å². The van der Waals surface area contributed by atoms with Gasteiger partial charge in [-0.05, 0) is 24.8 Å². The normalized spacial score (nSPS) is 13.8. The maximum absolute atomic E-state index is 13.2. The second kappa shape index (κ2) is 16.2. The zero-order chi connectivity index (χ0) is 28.8. The van der Waals surface area contributed by atoms with Gasteiger partial charge in [-0.2, -0.15) is 0 Å². The van der Waals surface area contributed by atoms with E-state index in [-0.39, 0.29) is 25.2 Å². The van der Waals surface area contributed by atoms with Gasteiger partial charge in [0.1, 0.15) is 18.1 Å². The van der Waals surface area contributed by atoms with E-state index in [9.17, 15) is 34.0 Å². The van der Waals surface area contributed by atoms with E-state index in [4.69, 9.17) is 0 Å². The van der Waals surface area contributed by atoms with Crippen LogP contribution in [0.15, 0.2) is 30.3 Å². The van der Waals surface area contributed by atoms with Crippen molar-refractivity contribution in [1.82, 2.24) is 21.3 Å². The predicted molar refractivity (Wildman–Crippen MR) is 137 cm³/mol. The van der Waals surface area contributed by atoms with E-state index < -0.39 is 61.0 Å². The molecule has 0 aliphatic heterocycles. The Kier molecular flexibility index (Phi) is 13.8. The minimum absolute atomic E-state index is 0.0902. The first-order valence-corrected chi connectivity index (χ1v) is 12.1. The van der Waals surface area contributed by atoms with E-state index in [1.807, 2.05) is 0 Å². The Morgan fingerprint density at radius 2 is 1.47 bits per heavy atom. The predicted octanol–water partition coefficient (Wildman–Crippen LogP) is -0.951.